The molecular weight excluding hydrogens is 421 g/mol. The zero-order valence-corrected chi connectivity index (χ0v) is 16.4. The number of benzene rings is 1. The lowest BCUT2D eigenvalue weighted by Crippen LogP contribution is -2.53. The second kappa shape index (κ2) is 7.91. The van der Waals surface area contributed by atoms with Gasteiger partial charge in [0.1, 0.15) is 24.7 Å². The number of fused-ring (bicyclic) bond motifs is 1. The zero-order chi connectivity index (χ0) is 22.2. The Labute approximate surface area is 175 Å². The lowest BCUT2D eigenvalue weighted by molar-refractivity contribution is -0.389. The van der Waals surface area contributed by atoms with Crippen molar-refractivity contribution in [3.8, 4) is 11.8 Å². The number of hydrogen-bond donors (Lipinski definition) is 1. The minimum atomic E-state index is -4.62. The summed E-state index contributed by atoms with van der Waals surface area (Å²) in [7, 11) is 0. The van der Waals surface area contributed by atoms with E-state index in [9.17, 15) is 28.4 Å². The first-order valence-electron chi connectivity index (χ1n) is 9.80. The summed E-state index contributed by atoms with van der Waals surface area (Å²) in [5, 5.41) is 20.6. The number of aryl methyl sites for hydroxylation is 1. The summed E-state index contributed by atoms with van der Waals surface area (Å²) < 4.78 is 51.8. The summed E-state index contributed by atoms with van der Waals surface area (Å²) >= 11 is 0. The van der Waals surface area contributed by atoms with Gasteiger partial charge < -0.3 is 29.6 Å². The standard InChI is InChI=1S/C19H21F3N4O5/c20-19(21,22)18(27)6-9-24(10-7-18)13-1-3-14(4-2-13)30-12-15-5-8-25-11-16(26(28)29)23-17(25)31-15/h1-4,11,15,27H,5-10,12H2. The first-order valence-corrected chi connectivity index (χ1v) is 9.80. The zero-order valence-electron chi connectivity index (χ0n) is 16.4. The second-order valence-electron chi connectivity index (χ2n) is 7.68. The van der Waals surface area contributed by atoms with Crippen LogP contribution in [0.4, 0.5) is 24.7 Å². The molecule has 0 bridgehead atoms. The van der Waals surface area contributed by atoms with E-state index in [1.54, 1.807) is 33.7 Å². The van der Waals surface area contributed by atoms with Gasteiger partial charge in [0, 0.05) is 49.6 Å². The second-order valence-corrected chi connectivity index (χ2v) is 7.68. The third-order valence-corrected chi connectivity index (χ3v) is 5.63. The molecule has 2 aliphatic rings. The van der Waals surface area contributed by atoms with Gasteiger partial charge in [-0.15, -0.1) is 0 Å². The molecule has 0 radical (unpaired) electrons. The van der Waals surface area contributed by atoms with Crippen molar-refractivity contribution < 1.29 is 32.7 Å². The first-order chi connectivity index (χ1) is 14.6. The number of hydrogen-bond acceptors (Lipinski definition) is 7. The number of imidazole rings is 1. The molecule has 12 heteroatoms. The molecule has 1 unspecified atom stereocenters. The average molecular weight is 442 g/mol. The Bertz CT molecular complexity index is 939. The Kier molecular flexibility index (Phi) is 5.42. The molecule has 2 aromatic rings. The molecule has 9 nitrogen and oxygen atoms in total. The van der Waals surface area contributed by atoms with E-state index in [1.165, 1.54) is 6.20 Å². The molecule has 0 saturated carbocycles. The smallest absolute Gasteiger partial charge is 0.417 e. The van der Waals surface area contributed by atoms with Crippen molar-refractivity contribution in [2.75, 3.05) is 24.6 Å². The van der Waals surface area contributed by atoms with Gasteiger partial charge in [-0.2, -0.15) is 13.2 Å². The van der Waals surface area contributed by atoms with Crippen molar-refractivity contribution in [1.82, 2.24) is 9.55 Å². The fraction of sp³-hybridized carbons (Fsp3) is 0.526. The number of halogens is 3. The molecule has 31 heavy (non-hydrogen) atoms. The molecule has 3 heterocycles. The predicted molar refractivity (Wildman–Crippen MR) is 102 cm³/mol. The number of aliphatic hydroxyl groups is 1. The number of nitro groups is 1. The van der Waals surface area contributed by atoms with Gasteiger partial charge >= 0.3 is 18.0 Å². The molecule has 1 saturated heterocycles. The van der Waals surface area contributed by atoms with Crippen LogP contribution in [0.5, 0.6) is 11.8 Å². The van der Waals surface area contributed by atoms with Gasteiger partial charge in [0.05, 0.1) is 0 Å². The van der Waals surface area contributed by atoms with E-state index in [0.717, 1.165) is 5.69 Å². The van der Waals surface area contributed by atoms with Crippen LogP contribution in [0.3, 0.4) is 0 Å². The van der Waals surface area contributed by atoms with Gasteiger partial charge in [-0.05, 0) is 29.2 Å². The van der Waals surface area contributed by atoms with E-state index in [1.807, 2.05) is 0 Å². The van der Waals surface area contributed by atoms with Crippen LogP contribution in [0.1, 0.15) is 19.3 Å². The predicted octanol–water partition coefficient (Wildman–Crippen LogP) is 2.92. The van der Waals surface area contributed by atoms with Gasteiger partial charge in [0.25, 0.3) is 0 Å². The number of anilines is 1. The van der Waals surface area contributed by atoms with E-state index < -0.39 is 16.7 Å². The van der Waals surface area contributed by atoms with E-state index >= 15 is 0 Å². The van der Waals surface area contributed by atoms with Crippen molar-refractivity contribution >= 4 is 11.5 Å². The van der Waals surface area contributed by atoms with Crippen LogP contribution >= 0.6 is 0 Å². The van der Waals surface area contributed by atoms with Gasteiger partial charge in [-0.25, -0.2) is 0 Å². The highest BCUT2D eigenvalue weighted by Gasteiger charge is 2.54. The Morgan fingerprint density at radius 2 is 1.94 bits per heavy atom. The van der Waals surface area contributed by atoms with E-state index in [4.69, 9.17) is 9.47 Å². The average Bonchev–Trinajstić information content (AvgIpc) is 3.16. The summed E-state index contributed by atoms with van der Waals surface area (Å²) in [6, 6.07) is 7.13. The van der Waals surface area contributed by atoms with Crippen molar-refractivity contribution in [2.24, 2.45) is 0 Å². The van der Waals surface area contributed by atoms with Gasteiger partial charge in [0.2, 0.25) is 0 Å². The fourth-order valence-electron chi connectivity index (χ4n) is 3.70. The molecule has 0 aliphatic carbocycles. The summed E-state index contributed by atoms with van der Waals surface area (Å²) in [6.07, 6.45) is -3.74. The maximum Gasteiger partial charge on any atom is 0.417 e. The highest BCUT2D eigenvalue weighted by atomic mass is 19.4. The minimum absolute atomic E-state index is 0.102. The maximum absolute atomic E-state index is 12.9. The Morgan fingerprint density at radius 1 is 1.26 bits per heavy atom. The number of rotatable bonds is 5. The maximum atomic E-state index is 12.9. The van der Waals surface area contributed by atoms with Crippen molar-refractivity contribution in [3.05, 3.63) is 40.6 Å². The van der Waals surface area contributed by atoms with Gasteiger partial charge in [-0.3, -0.25) is 4.57 Å². The minimum Gasteiger partial charge on any atom is -0.490 e. The third-order valence-electron chi connectivity index (χ3n) is 5.63. The molecule has 0 spiro atoms. The molecule has 168 valence electrons. The highest BCUT2D eigenvalue weighted by molar-refractivity contribution is 5.49. The first kappa shape index (κ1) is 21.2. The SMILES string of the molecule is O=[N+]([O-])c1cn2c(n1)OC(COc1ccc(N3CCC(O)(C(F)(F)F)CC3)cc1)CC2. The number of aromatic nitrogens is 2. The normalized spacial score (nSPS) is 20.6. The van der Waals surface area contributed by atoms with E-state index in [2.05, 4.69) is 4.98 Å². The third kappa shape index (κ3) is 4.38. The quantitative estimate of drug-likeness (QED) is 0.561. The Morgan fingerprint density at radius 3 is 2.55 bits per heavy atom. The lowest BCUT2D eigenvalue weighted by atomic mass is 9.90. The van der Waals surface area contributed by atoms with Crippen molar-refractivity contribution in [1.29, 1.82) is 0 Å². The number of nitrogens with zero attached hydrogens (tertiary/aromatic N) is 4. The van der Waals surface area contributed by atoms with E-state index in [0.29, 0.717) is 18.7 Å². The van der Waals surface area contributed by atoms with Crippen LogP contribution in [0, 0.1) is 10.1 Å². The molecule has 1 atom stereocenters. The van der Waals surface area contributed by atoms with Crippen LogP contribution in [-0.2, 0) is 6.54 Å². The molecule has 0 amide bonds. The lowest BCUT2D eigenvalue weighted by Gasteiger charge is -2.40. The molecule has 2 aliphatic heterocycles. The van der Waals surface area contributed by atoms with Crippen LogP contribution < -0.4 is 14.4 Å². The van der Waals surface area contributed by atoms with Crippen LogP contribution in [0.15, 0.2) is 30.5 Å². The molecule has 1 aromatic heterocycles. The fourth-order valence-corrected chi connectivity index (χ4v) is 3.70. The summed E-state index contributed by atoms with van der Waals surface area (Å²) in [5.41, 5.74) is -1.87. The van der Waals surface area contributed by atoms with Gasteiger partial charge in [-0.1, -0.05) is 0 Å². The number of piperidine rings is 1. The van der Waals surface area contributed by atoms with Crippen LogP contribution in [0.2, 0.25) is 0 Å². The number of alkyl halides is 3. The summed E-state index contributed by atoms with van der Waals surface area (Å²) in [5.74, 6) is 0.301. The van der Waals surface area contributed by atoms with Crippen LogP contribution in [-0.4, -0.2) is 57.2 Å². The van der Waals surface area contributed by atoms with Crippen molar-refractivity contribution in [3.63, 3.8) is 0 Å². The molecule has 1 fully saturated rings. The van der Waals surface area contributed by atoms with E-state index in [-0.39, 0.29) is 50.5 Å². The number of ether oxygens (including phenoxy) is 2. The molecule has 1 N–H and O–H groups in total. The largest absolute Gasteiger partial charge is 0.490 e. The highest BCUT2D eigenvalue weighted by Crippen LogP contribution is 2.39. The van der Waals surface area contributed by atoms with Gasteiger partial charge in [0.15, 0.2) is 5.60 Å². The Balaban J connectivity index is 1.29. The monoisotopic (exact) mass is 442 g/mol. The summed E-state index contributed by atoms with van der Waals surface area (Å²) in [4.78, 5) is 15.9. The molecule has 1 aromatic carbocycles. The van der Waals surface area contributed by atoms with Crippen LogP contribution in [0.25, 0.3) is 0 Å². The molecular formula is C19H21F3N4O5. The summed E-state index contributed by atoms with van der Waals surface area (Å²) in [6.45, 7) is 0.959. The van der Waals surface area contributed by atoms with Crippen molar-refractivity contribution in [2.45, 2.75) is 43.7 Å². The molecule has 4 rings (SSSR count). The topological polar surface area (TPSA) is 103 Å². The Hall–Kier alpha value is -3.02.